The highest BCUT2D eigenvalue weighted by atomic mass is 19.1. The van der Waals surface area contributed by atoms with Crippen LogP contribution in [0.5, 0.6) is 0 Å². The van der Waals surface area contributed by atoms with Gasteiger partial charge in [-0.1, -0.05) is 19.1 Å². The number of hydrogen-bond donors (Lipinski definition) is 1. The molecule has 0 spiro atoms. The molecular formula is C17H15F2N3O. The van der Waals surface area contributed by atoms with Crippen LogP contribution < -0.4 is 11.3 Å². The minimum Gasteiger partial charge on any atom is -0.321 e. The number of aromatic nitrogens is 2. The van der Waals surface area contributed by atoms with E-state index in [2.05, 4.69) is 4.98 Å². The molecule has 23 heavy (non-hydrogen) atoms. The normalized spacial score (nSPS) is 12.5. The Labute approximate surface area is 131 Å². The zero-order valence-electron chi connectivity index (χ0n) is 12.5. The number of benzene rings is 2. The Bertz CT molecular complexity index is 937. The van der Waals surface area contributed by atoms with Crippen LogP contribution in [0.1, 0.15) is 25.2 Å². The Balaban J connectivity index is 2.44. The number of fused-ring (bicyclic) bond motifs is 1. The summed E-state index contributed by atoms with van der Waals surface area (Å²) in [7, 11) is 0. The summed E-state index contributed by atoms with van der Waals surface area (Å²) in [5, 5.41) is -0.135. The van der Waals surface area contributed by atoms with Gasteiger partial charge in [-0.25, -0.2) is 13.8 Å². The van der Waals surface area contributed by atoms with Crippen molar-refractivity contribution in [1.29, 1.82) is 0 Å². The highest BCUT2D eigenvalue weighted by Gasteiger charge is 2.19. The molecule has 1 atom stereocenters. The van der Waals surface area contributed by atoms with Crippen LogP contribution in [0.15, 0.2) is 47.3 Å². The van der Waals surface area contributed by atoms with Gasteiger partial charge < -0.3 is 5.73 Å². The van der Waals surface area contributed by atoms with Crippen molar-refractivity contribution >= 4 is 10.9 Å². The molecule has 0 unspecified atom stereocenters. The summed E-state index contributed by atoms with van der Waals surface area (Å²) in [6.07, 6.45) is 0.530. The minimum atomic E-state index is -0.665. The highest BCUT2D eigenvalue weighted by Crippen LogP contribution is 2.20. The fourth-order valence-corrected chi connectivity index (χ4v) is 2.50. The van der Waals surface area contributed by atoms with Gasteiger partial charge in [0.1, 0.15) is 22.8 Å². The van der Waals surface area contributed by atoms with Crippen molar-refractivity contribution in [3.8, 4) is 5.69 Å². The van der Waals surface area contributed by atoms with Crippen molar-refractivity contribution in [1.82, 2.24) is 9.55 Å². The number of halogens is 2. The van der Waals surface area contributed by atoms with Gasteiger partial charge in [-0.3, -0.25) is 9.36 Å². The molecule has 1 aromatic heterocycles. The number of hydrogen-bond acceptors (Lipinski definition) is 3. The summed E-state index contributed by atoms with van der Waals surface area (Å²) in [5.41, 5.74) is 5.97. The molecule has 0 fully saturated rings. The van der Waals surface area contributed by atoms with Crippen LogP contribution in [0.25, 0.3) is 16.6 Å². The average molecular weight is 315 g/mol. The van der Waals surface area contributed by atoms with E-state index in [0.717, 1.165) is 0 Å². The summed E-state index contributed by atoms with van der Waals surface area (Å²) >= 11 is 0. The van der Waals surface area contributed by atoms with Crippen molar-refractivity contribution in [3.05, 3.63) is 70.3 Å². The van der Waals surface area contributed by atoms with Crippen LogP contribution in [0.2, 0.25) is 0 Å². The molecule has 118 valence electrons. The second kappa shape index (κ2) is 5.89. The third-order valence-electron chi connectivity index (χ3n) is 3.71. The molecule has 2 aromatic carbocycles. The fourth-order valence-electron chi connectivity index (χ4n) is 2.50. The van der Waals surface area contributed by atoms with Crippen LogP contribution in [0.3, 0.4) is 0 Å². The molecule has 3 aromatic rings. The third-order valence-corrected chi connectivity index (χ3v) is 3.71. The molecule has 0 aliphatic rings. The van der Waals surface area contributed by atoms with Crippen LogP contribution >= 0.6 is 0 Å². The Hall–Kier alpha value is -2.60. The summed E-state index contributed by atoms with van der Waals surface area (Å²) in [6.45, 7) is 1.85. The van der Waals surface area contributed by atoms with Crippen LogP contribution in [-0.2, 0) is 0 Å². The van der Waals surface area contributed by atoms with Gasteiger partial charge in [0.15, 0.2) is 0 Å². The van der Waals surface area contributed by atoms with Gasteiger partial charge in [0.25, 0.3) is 5.56 Å². The highest BCUT2D eigenvalue weighted by molar-refractivity contribution is 5.78. The fraction of sp³-hybridized carbons (Fsp3) is 0.176. The van der Waals surface area contributed by atoms with E-state index in [1.807, 2.05) is 6.92 Å². The Kier molecular flexibility index (Phi) is 3.92. The van der Waals surface area contributed by atoms with Gasteiger partial charge >= 0.3 is 0 Å². The minimum absolute atomic E-state index is 0.135. The molecule has 1 heterocycles. The van der Waals surface area contributed by atoms with E-state index in [1.54, 1.807) is 12.1 Å². The molecule has 0 radical (unpaired) electrons. The van der Waals surface area contributed by atoms with E-state index in [0.29, 0.717) is 6.42 Å². The first-order valence-electron chi connectivity index (χ1n) is 7.25. The van der Waals surface area contributed by atoms with Gasteiger partial charge in [-0.2, -0.15) is 0 Å². The van der Waals surface area contributed by atoms with E-state index in [1.165, 1.54) is 34.9 Å². The molecule has 0 aliphatic carbocycles. The van der Waals surface area contributed by atoms with Crippen molar-refractivity contribution < 1.29 is 8.78 Å². The predicted molar refractivity (Wildman–Crippen MR) is 84.5 cm³/mol. The Morgan fingerprint density at radius 1 is 1.22 bits per heavy atom. The predicted octanol–water partition coefficient (Wildman–Crippen LogP) is 3.07. The SMILES string of the molecule is CC[C@H](N)c1nc2cccc(F)c2c(=O)n1-c1cccc(F)c1. The maximum atomic E-state index is 14.1. The number of rotatable bonds is 3. The average Bonchev–Trinajstić information content (AvgIpc) is 2.53. The second-order valence-corrected chi connectivity index (χ2v) is 5.24. The Morgan fingerprint density at radius 3 is 2.65 bits per heavy atom. The summed E-state index contributed by atoms with van der Waals surface area (Å²) in [6, 6.07) is 9.21. The van der Waals surface area contributed by atoms with E-state index in [4.69, 9.17) is 5.73 Å². The lowest BCUT2D eigenvalue weighted by atomic mass is 10.1. The van der Waals surface area contributed by atoms with Crippen molar-refractivity contribution in [3.63, 3.8) is 0 Å². The monoisotopic (exact) mass is 315 g/mol. The molecule has 0 saturated carbocycles. The number of nitrogens with zero attached hydrogens (tertiary/aromatic N) is 2. The lowest BCUT2D eigenvalue weighted by molar-refractivity contribution is 0.607. The maximum absolute atomic E-state index is 14.1. The molecule has 0 saturated heterocycles. The van der Waals surface area contributed by atoms with E-state index in [9.17, 15) is 13.6 Å². The molecule has 0 bridgehead atoms. The van der Waals surface area contributed by atoms with Gasteiger partial charge in [0.2, 0.25) is 0 Å². The standard InChI is InChI=1S/C17H15F2N3O/c1-2-13(20)16-21-14-8-4-7-12(19)15(14)17(23)22(16)11-6-3-5-10(18)9-11/h3-9,13H,2,20H2,1H3/t13-/m0/s1. The first-order valence-corrected chi connectivity index (χ1v) is 7.25. The van der Waals surface area contributed by atoms with E-state index < -0.39 is 23.2 Å². The van der Waals surface area contributed by atoms with E-state index in [-0.39, 0.29) is 22.4 Å². The van der Waals surface area contributed by atoms with Crippen LogP contribution in [0, 0.1) is 11.6 Å². The molecule has 3 rings (SSSR count). The molecule has 2 N–H and O–H groups in total. The molecule has 0 aliphatic heterocycles. The first-order chi connectivity index (χ1) is 11.0. The molecular weight excluding hydrogens is 300 g/mol. The molecule has 4 nitrogen and oxygen atoms in total. The smallest absolute Gasteiger partial charge is 0.269 e. The zero-order valence-corrected chi connectivity index (χ0v) is 12.5. The lowest BCUT2D eigenvalue weighted by Crippen LogP contribution is -2.28. The van der Waals surface area contributed by atoms with Gasteiger partial charge in [-0.05, 0) is 36.8 Å². The quantitative estimate of drug-likeness (QED) is 0.808. The van der Waals surface area contributed by atoms with E-state index >= 15 is 0 Å². The van der Waals surface area contributed by atoms with Crippen LogP contribution in [0.4, 0.5) is 8.78 Å². The molecule has 0 amide bonds. The number of nitrogens with two attached hydrogens (primary N) is 1. The second-order valence-electron chi connectivity index (χ2n) is 5.24. The summed E-state index contributed by atoms with van der Waals surface area (Å²) in [5.74, 6) is -0.887. The summed E-state index contributed by atoms with van der Waals surface area (Å²) < 4.78 is 28.8. The molecule has 6 heteroatoms. The van der Waals surface area contributed by atoms with Gasteiger partial charge in [0.05, 0.1) is 17.2 Å². The first kappa shape index (κ1) is 15.3. The van der Waals surface area contributed by atoms with Crippen molar-refractivity contribution in [2.24, 2.45) is 5.73 Å². The van der Waals surface area contributed by atoms with Crippen LogP contribution in [-0.4, -0.2) is 9.55 Å². The zero-order chi connectivity index (χ0) is 16.6. The Morgan fingerprint density at radius 2 is 1.96 bits per heavy atom. The summed E-state index contributed by atoms with van der Waals surface area (Å²) in [4.78, 5) is 17.2. The van der Waals surface area contributed by atoms with Gasteiger partial charge in [0, 0.05) is 0 Å². The third kappa shape index (κ3) is 2.61. The topological polar surface area (TPSA) is 60.9 Å². The largest absolute Gasteiger partial charge is 0.321 e. The lowest BCUT2D eigenvalue weighted by Gasteiger charge is -2.17. The van der Waals surface area contributed by atoms with Gasteiger partial charge in [-0.15, -0.1) is 0 Å². The van der Waals surface area contributed by atoms with Crippen molar-refractivity contribution in [2.75, 3.05) is 0 Å². The maximum Gasteiger partial charge on any atom is 0.269 e. The van der Waals surface area contributed by atoms with Crippen molar-refractivity contribution in [2.45, 2.75) is 19.4 Å².